The highest BCUT2D eigenvalue weighted by Crippen LogP contribution is 2.23. The summed E-state index contributed by atoms with van der Waals surface area (Å²) in [5, 5.41) is 20.0. The molecule has 2 aromatic heterocycles. The fraction of sp³-hybridized carbons (Fsp3) is 0.174. The van der Waals surface area contributed by atoms with Crippen molar-refractivity contribution in [3.63, 3.8) is 0 Å². The first kappa shape index (κ1) is 23.6. The summed E-state index contributed by atoms with van der Waals surface area (Å²) in [6, 6.07) is 19.5. The number of amides is 1. The molecule has 0 aliphatic carbocycles. The molecule has 174 valence electrons. The monoisotopic (exact) mass is 494 g/mol. The molecule has 4 aromatic rings. The van der Waals surface area contributed by atoms with E-state index in [-0.39, 0.29) is 16.6 Å². The maximum Gasteiger partial charge on any atom is 0.236 e. The van der Waals surface area contributed by atoms with Crippen LogP contribution < -0.4 is 5.32 Å². The maximum absolute atomic E-state index is 12.5. The third-order valence-corrected chi connectivity index (χ3v) is 6.93. The van der Waals surface area contributed by atoms with Crippen LogP contribution in [0.3, 0.4) is 0 Å². The Hall–Kier alpha value is -3.57. The lowest BCUT2D eigenvalue weighted by Crippen LogP contribution is -2.16. The molecule has 0 saturated carbocycles. The van der Waals surface area contributed by atoms with E-state index in [0.717, 1.165) is 23.3 Å². The van der Waals surface area contributed by atoms with Gasteiger partial charge in [0.2, 0.25) is 5.91 Å². The van der Waals surface area contributed by atoms with Gasteiger partial charge in [-0.25, -0.2) is 8.42 Å². The standard InChI is InChI=1S/C23H22N6O3S2/c1-3-21-27-28-23(29(21)17-7-5-4-6-8-17)33-15-22(30)24-20-14-13-19(25-26-20)16-9-11-18(12-10-16)34(2,31)32/h4-14H,3,15H2,1-2H3,(H,24,26,30). The number of rotatable bonds is 8. The lowest BCUT2D eigenvalue weighted by Gasteiger charge is -2.09. The predicted octanol–water partition coefficient (Wildman–Crippen LogP) is 3.42. The minimum absolute atomic E-state index is 0.130. The van der Waals surface area contributed by atoms with E-state index in [1.807, 2.05) is 41.8 Å². The average molecular weight is 495 g/mol. The van der Waals surface area contributed by atoms with E-state index >= 15 is 0 Å². The summed E-state index contributed by atoms with van der Waals surface area (Å²) in [5.41, 5.74) is 2.23. The first-order valence-corrected chi connectivity index (χ1v) is 13.3. The average Bonchev–Trinajstić information content (AvgIpc) is 3.26. The molecule has 11 heteroatoms. The molecular weight excluding hydrogens is 472 g/mol. The van der Waals surface area contributed by atoms with E-state index < -0.39 is 9.84 Å². The van der Waals surface area contributed by atoms with Crippen LogP contribution in [0.25, 0.3) is 16.9 Å². The predicted molar refractivity (Wildman–Crippen MR) is 131 cm³/mol. The van der Waals surface area contributed by atoms with Gasteiger partial charge in [-0.3, -0.25) is 9.36 Å². The van der Waals surface area contributed by atoms with Crippen molar-refractivity contribution >= 4 is 33.3 Å². The smallest absolute Gasteiger partial charge is 0.236 e. The van der Waals surface area contributed by atoms with Crippen LogP contribution in [0.4, 0.5) is 5.82 Å². The first-order valence-electron chi connectivity index (χ1n) is 10.4. The second kappa shape index (κ2) is 10.1. The molecule has 0 fully saturated rings. The number of aromatic nitrogens is 5. The Morgan fingerprint density at radius 2 is 1.68 bits per heavy atom. The van der Waals surface area contributed by atoms with Gasteiger partial charge in [0.15, 0.2) is 20.8 Å². The number of carbonyl (C=O) groups is 1. The lowest BCUT2D eigenvalue weighted by molar-refractivity contribution is -0.113. The van der Waals surface area contributed by atoms with Gasteiger partial charge in [-0.1, -0.05) is 49.0 Å². The topological polar surface area (TPSA) is 120 Å². The van der Waals surface area contributed by atoms with Gasteiger partial charge in [0.1, 0.15) is 5.82 Å². The summed E-state index contributed by atoms with van der Waals surface area (Å²) in [7, 11) is -3.26. The number of nitrogens with zero attached hydrogens (tertiary/aromatic N) is 5. The number of para-hydroxylation sites is 1. The van der Waals surface area contributed by atoms with Crippen molar-refractivity contribution in [3.05, 3.63) is 72.6 Å². The molecule has 9 nitrogen and oxygen atoms in total. The third kappa shape index (κ3) is 5.49. The highest BCUT2D eigenvalue weighted by atomic mass is 32.2. The molecule has 0 aliphatic heterocycles. The second-order valence-electron chi connectivity index (χ2n) is 7.36. The van der Waals surface area contributed by atoms with Crippen molar-refractivity contribution in [2.45, 2.75) is 23.4 Å². The van der Waals surface area contributed by atoms with E-state index in [2.05, 4.69) is 25.7 Å². The molecule has 0 unspecified atom stereocenters. The van der Waals surface area contributed by atoms with Crippen molar-refractivity contribution in [3.8, 4) is 16.9 Å². The summed E-state index contributed by atoms with van der Waals surface area (Å²) in [6.07, 6.45) is 1.87. The Kier molecular flexibility index (Phi) is 7.03. The number of thioether (sulfide) groups is 1. The van der Waals surface area contributed by atoms with Crippen LogP contribution in [0.2, 0.25) is 0 Å². The van der Waals surface area contributed by atoms with Crippen molar-refractivity contribution in [1.29, 1.82) is 0 Å². The van der Waals surface area contributed by atoms with Gasteiger partial charge in [-0.05, 0) is 36.4 Å². The van der Waals surface area contributed by atoms with Crippen molar-refractivity contribution in [1.82, 2.24) is 25.0 Å². The fourth-order valence-electron chi connectivity index (χ4n) is 3.19. The van der Waals surface area contributed by atoms with E-state index in [9.17, 15) is 13.2 Å². The van der Waals surface area contributed by atoms with Crippen molar-refractivity contribution in [2.75, 3.05) is 17.3 Å². The third-order valence-electron chi connectivity index (χ3n) is 4.87. The molecule has 0 aliphatic rings. The fourth-order valence-corrected chi connectivity index (χ4v) is 4.60. The van der Waals surface area contributed by atoms with E-state index in [0.29, 0.717) is 23.1 Å². The van der Waals surface area contributed by atoms with Crippen LogP contribution in [0.5, 0.6) is 0 Å². The summed E-state index contributed by atoms with van der Waals surface area (Å²) < 4.78 is 25.1. The molecule has 2 heterocycles. The molecular formula is C23H22N6O3S2. The highest BCUT2D eigenvalue weighted by Gasteiger charge is 2.15. The minimum Gasteiger partial charge on any atom is -0.308 e. The van der Waals surface area contributed by atoms with Gasteiger partial charge < -0.3 is 5.32 Å². The van der Waals surface area contributed by atoms with Crippen molar-refractivity contribution in [2.24, 2.45) is 0 Å². The van der Waals surface area contributed by atoms with E-state index in [1.165, 1.54) is 23.9 Å². The number of nitrogens with one attached hydrogen (secondary N) is 1. The summed E-state index contributed by atoms with van der Waals surface area (Å²) >= 11 is 1.29. The molecule has 34 heavy (non-hydrogen) atoms. The van der Waals surface area contributed by atoms with Crippen LogP contribution in [0.1, 0.15) is 12.7 Å². The number of aryl methyl sites for hydroxylation is 1. The Balaban J connectivity index is 1.39. The SMILES string of the molecule is CCc1nnc(SCC(=O)Nc2ccc(-c3ccc(S(C)(=O)=O)cc3)nn2)n1-c1ccccc1. The molecule has 4 rings (SSSR count). The minimum atomic E-state index is -3.26. The second-order valence-corrected chi connectivity index (χ2v) is 10.3. The largest absolute Gasteiger partial charge is 0.308 e. The van der Waals surface area contributed by atoms with Gasteiger partial charge in [0.25, 0.3) is 0 Å². The van der Waals surface area contributed by atoms with Crippen LogP contribution in [-0.2, 0) is 21.1 Å². The van der Waals surface area contributed by atoms with Gasteiger partial charge >= 0.3 is 0 Å². The zero-order chi connectivity index (χ0) is 24.1. The Labute approximate surface area is 201 Å². The van der Waals surface area contributed by atoms with Crippen molar-refractivity contribution < 1.29 is 13.2 Å². The highest BCUT2D eigenvalue weighted by molar-refractivity contribution is 7.99. The number of carbonyl (C=O) groups excluding carboxylic acids is 1. The molecule has 0 saturated heterocycles. The van der Waals surface area contributed by atoms with Gasteiger partial charge in [0, 0.05) is 23.9 Å². The molecule has 0 bridgehead atoms. The molecule has 2 aromatic carbocycles. The maximum atomic E-state index is 12.5. The zero-order valence-electron chi connectivity index (χ0n) is 18.5. The normalized spacial score (nSPS) is 11.4. The molecule has 1 amide bonds. The Bertz CT molecular complexity index is 1390. The van der Waals surface area contributed by atoms with Gasteiger partial charge in [-0.2, -0.15) is 0 Å². The Morgan fingerprint density at radius 3 is 2.29 bits per heavy atom. The van der Waals surface area contributed by atoms with E-state index in [4.69, 9.17) is 0 Å². The lowest BCUT2D eigenvalue weighted by atomic mass is 10.1. The molecule has 1 N–H and O–H groups in total. The number of sulfone groups is 1. The summed E-state index contributed by atoms with van der Waals surface area (Å²) in [4.78, 5) is 12.7. The van der Waals surface area contributed by atoms with Crippen LogP contribution in [0, 0.1) is 0 Å². The molecule has 0 atom stereocenters. The van der Waals surface area contributed by atoms with Gasteiger partial charge in [-0.15, -0.1) is 20.4 Å². The number of benzene rings is 2. The van der Waals surface area contributed by atoms with E-state index in [1.54, 1.807) is 24.3 Å². The van der Waals surface area contributed by atoms with Gasteiger partial charge in [0.05, 0.1) is 16.3 Å². The van der Waals surface area contributed by atoms with Crippen LogP contribution in [-0.4, -0.2) is 51.3 Å². The molecule has 0 radical (unpaired) electrons. The van der Waals surface area contributed by atoms with Crippen LogP contribution in [0.15, 0.2) is 76.8 Å². The summed E-state index contributed by atoms with van der Waals surface area (Å²) in [6.45, 7) is 2.01. The number of anilines is 1. The Morgan fingerprint density at radius 1 is 0.941 bits per heavy atom. The van der Waals surface area contributed by atoms with Crippen LogP contribution >= 0.6 is 11.8 Å². The zero-order valence-corrected chi connectivity index (χ0v) is 20.2. The number of hydrogen-bond donors (Lipinski definition) is 1. The number of hydrogen-bond acceptors (Lipinski definition) is 8. The molecule has 0 spiro atoms. The first-order chi connectivity index (χ1) is 16.3. The quantitative estimate of drug-likeness (QED) is 0.370. The summed E-state index contributed by atoms with van der Waals surface area (Å²) in [5.74, 6) is 1.02.